The Labute approximate surface area is 128 Å². The van der Waals surface area contributed by atoms with Crippen LogP contribution in [0.25, 0.3) is 11.3 Å². The second-order valence-electron chi connectivity index (χ2n) is 4.60. The third kappa shape index (κ3) is 3.12. The second-order valence-corrected chi connectivity index (χ2v) is 4.60. The first-order valence-corrected chi connectivity index (χ1v) is 6.70. The van der Waals surface area contributed by atoms with Crippen LogP contribution < -0.4 is 15.8 Å². The van der Waals surface area contributed by atoms with Gasteiger partial charge in [0.05, 0.1) is 24.7 Å². The average Bonchev–Trinajstić information content (AvgIpc) is 2.55. The lowest BCUT2D eigenvalue weighted by molar-refractivity contribution is 0.415. The van der Waals surface area contributed by atoms with E-state index in [4.69, 9.17) is 10.5 Å². The number of aromatic nitrogens is 3. The summed E-state index contributed by atoms with van der Waals surface area (Å²) in [5.41, 5.74) is 8.27. The summed E-state index contributed by atoms with van der Waals surface area (Å²) in [6.07, 6.45) is 3.42. The molecule has 3 rings (SSSR count). The van der Waals surface area contributed by atoms with Crippen LogP contribution in [0.1, 0.15) is 0 Å². The van der Waals surface area contributed by atoms with Gasteiger partial charge in [-0.25, -0.2) is 4.98 Å². The molecule has 0 spiro atoms. The maximum absolute atomic E-state index is 5.81. The van der Waals surface area contributed by atoms with E-state index in [1.807, 2.05) is 42.5 Å². The van der Waals surface area contributed by atoms with E-state index in [9.17, 15) is 0 Å². The predicted octanol–water partition coefficient (Wildman–Crippen LogP) is 2.87. The molecule has 0 unspecified atom stereocenters. The van der Waals surface area contributed by atoms with Crippen molar-refractivity contribution in [2.45, 2.75) is 0 Å². The van der Waals surface area contributed by atoms with Crippen molar-refractivity contribution in [3.63, 3.8) is 0 Å². The zero-order valence-corrected chi connectivity index (χ0v) is 12.0. The van der Waals surface area contributed by atoms with Gasteiger partial charge in [-0.1, -0.05) is 12.1 Å². The van der Waals surface area contributed by atoms with E-state index in [0.29, 0.717) is 5.82 Å². The molecule has 0 amide bonds. The predicted molar refractivity (Wildman–Crippen MR) is 86.0 cm³/mol. The van der Waals surface area contributed by atoms with Crippen molar-refractivity contribution in [3.8, 4) is 17.0 Å². The van der Waals surface area contributed by atoms with Crippen LogP contribution in [0, 0.1) is 0 Å². The van der Waals surface area contributed by atoms with E-state index in [1.54, 1.807) is 19.5 Å². The molecule has 0 fully saturated rings. The smallest absolute Gasteiger partial charge is 0.222 e. The van der Waals surface area contributed by atoms with Crippen molar-refractivity contribution in [2.24, 2.45) is 0 Å². The Morgan fingerprint density at radius 3 is 2.77 bits per heavy atom. The summed E-state index contributed by atoms with van der Waals surface area (Å²) in [4.78, 5) is 12.5. The van der Waals surface area contributed by atoms with Crippen molar-refractivity contribution >= 4 is 17.5 Å². The molecule has 0 radical (unpaired) electrons. The first-order valence-electron chi connectivity index (χ1n) is 6.70. The number of hydrogen-bond acceptors (Lipinski definition) is 6. The van der Waals surface area contributed by atoms with E-state index in [2.05, 4.69) is 20.3 Å². The molecule has 0 bridgehead atoms. The molecular formula is C16H15N5O. The maximum Gasteiger partial charge on any atom is 0.222 e. The Bertz CT molecular complexity index is 776. The van der Waals surface area contributed by atoms with Gasteiger partial charge in [-0.05, 0) is 24.3 Å². The van der Waals surface area contributed by atoms with E-state index in [0.717, 1.165) is 22.7 Å². The van der Waals surface area contributed by atoms with Crippen molar-refractivity contribution in [1.82, 2.24) is 15.0 Å². The number of nitrogens with two attached hydrogens (primary N) is 1. The van der Waals surface area contributed by atoms with Crippen molar-refractivity contribution in [2.75, 3.05) is 18.2 Å². The molecule has 3 aromatic rings. The number of nitrogens with zero attached hydrogens (tertiary/aromatic N) is 3. The standard InChI is InChI=1S/C16H15N5O/c1-22-13-6-2-4-11(8-13)14-9-15(21-16(17)20-14)19-12-5-3-7-18-10-12/h2-10H,1H3,(H3,17,19,20,21). The first kappa shape index (κ1) is 13.8. The maximum atomic E-state index is 5.81. The van der Waals surface area contributed by atoms with Gasteiger partial charge >= 0.3 is 0 Å². The molecule has 2 aromatic heterocycles. The number of hydrogen-bond donors (Lipinski definition) is 2. The molecular weight excluding hydrogens is 278 g/mol. The molecule has 0 aliphatic carbocycles. The van der Waals surface area contributed by atoms with Crippen LogP contribution in [0.15, 0.2) is 54.9 Å². The molecule has 110 valence electrons. The highest BCUT2D eigenvalue weighted by Gasteiger charge is 2.06. The van der Waals surface area contributed by atoms with Gasteiger partial charge in [0.25, 0.3) is 0 Å². The normalized spacial score (nSPS) is 10.2. The molecule has 22 heavy (non-hydrogen) atoms. The van der Waals surface area contributed by atoms with Gasteiger partial charge in [-0.15, -0.1) is 0 Å². The number of anilines is 3. The second kappa shape index (κ2) is 6.09. The van der Waals surface area contributed by atoms with Gasteiger partial charge in [0.2, 0.25) is 5.95 Å². The zero-order chi connectivity index (χ0) is 15.4. The van der Waals surface area contributed by atoms with Gasteiger partial charge in [0, 0.05) is 17.8 Å². The summed E-state index contributed by atoms with van der Waals surface area (Å²) in [5.74, 6) is 1.57. The highest BCUT2D eigenvalue weighted by atomic mass is 16.5. The third-order valence-corrected chi connectivity index (χ3v) is 3.04. The van der Waals surface area contributed by atoms with Gasteiger partial charge in [0.1, 0.15) is 11.6 Å². The quantitative estimate of drug-likeness (QED) is 0.769. The summed E-state index contributed by atoms with van der Waals surface area (Å²) in [5, 5.41) is 3.16. The molecule has 1 aromatic carbocycles. The summed E-state index contributed by atoms with van der Waals surface area (Å²) in [7, 11) is 1.63. The average molecular weight is 293 g/mol. The number of rotatable bonds is 4. The van der Waals surface area contributed by atoms with E-state index >= 15 is 0 Å². The van der Waals surface area contributed by atoms with Crippen LogP contribution in [0.5, 0.6) is 5.75 Å². The van der Waals surface area contributed by atoms with Crippen LogP contribution in [-0.2, 0) is 0 Å². The molecule has 6 heteroatoms. The Morgan fingerprint density at radius 1 is 1.09 bits per heavy atom. The van der Waals surface area contributed by atoms with E-state index in [-0.39, 0.29) is 5.95 Å². The lowest BCUT2D eigenvalue weighted by Gasteiger charge is -2.09. The molecule has 0 saturated carbocycles. The van der Waals surface area contributed by atoms with Gasteiger partial charge in [0.15, 0.2) is 0 Å². The summed E-state index contributed by atoms with van der Waals surface area (Å²) in [6, 6.07) is 13.2. The van der Waals surface area contributed by atoms with Crippen LogP contribution in [-0.4, -0.2) is 22.1 Å². The Balaban J connectivity index is 1.95. The number of nitrogens with one attached hydrogen (secondary N) is 1. The Kier molecular flexibility index (Phi) is 3.82. The number of ether oxygens (including phenoxy) is 1. The summed E-state index contributed by atoms with van der Waals surface area (Å²) in [6.45, 7) is 0. The minimum atomic E-state index is 0.201. The van der Waals surface area contributed by atoms with Crippen LogP contribution in [0.4, 0.5) is 17.5 Å². The van der Waals surface area contributed by atoms with Crippen molar-refractivity contribution in [3.05, 3.63) is 54.9 Å². The summed E-state index contributed by atoms with van der Waals surface area (Å²) >= 11 is 0. The van der Waals surface area contributed by atoms with Crippen LogP contribution >= 0.6 is 0 Å². The third-order valence-electron chi connectivity index (χ3n) is 3.04. The Hall–Kier alpha value is -3.15. The minimum Gasteiger partial charge on any atom is -0.497 e. The monoisotopic (exact) mass is 293 g/mol. The van der Waals surface area contributed by atoms with Gasteiger partial charge < -0.3 is 15.8 Å². The van der Waals surface area contributed by atoms with Crippen molar-refractivity contribution in [1.29, 1.82) is 0 Å². The van der Waals surface area contributed by atoms with E-state index < -0.39 is 0 Å². The molecule has 0 saturated heterocycles. The van der Waals surface area contributed by atoms with Crippen molar-refractivity contribution < 1.29 is 4.74 Å². The molecule has 0 atom stereocenters. The highest BCUT2D eigenvalue weighted by molar-refractivity contribution is 5.67. The zero-order valence-electron chi connectivity index (χ0n) is 12.0. The van der Waals surface area contributed by atoms with Gasteiger partial charge in [-0.2, -0.15) is 4.98 Å². The minimum absolute atomic E-state index is 0.201. The topological polar surface area (TPSA) is 86.0 Å². The molecule has 0 aliphatic heterocycles. The Morgan fingerprint density at radius 2 is 2.00 bits per heavy atom. The van der Waals surface area contributed by atoms with Crippen LogP contribution in [0.3, 0.4) is 0 Å². The lowest BCUT2D eigenvalue weighted by Crippen LogP contribution is -2.01. The van der Waals surface area contributed by atoms with E-state index in [1.165, 1.54) is 0 Å². The number of benzene rings is 1. The largest absolute Gasteiger partial charge is 0.497 e. The van der Waals surface area contributed by atoms with Crippen LogP contribution in [0.2, 0.25) is 0 Å². The lowest BCUT2D eigenvalue weighted by atomic mass is 10.1. The molecule has 3 N–H and O–H groups in total. The fraction of sp³-hybridized carbons (Fsp3) is 0.0625. The fourth-order valence-electron chi connectivity index (χ4n) is 2.04. The van der Waals surface area contributed by atoms with Gasteiger partial charge in [-0.3, -0.25) is 4.98 Å². The molecule has 0 aliphatic rings. The first-order chi connectivity index (χ1) is 10.7. The number of nitrogen functional groups attached to an aromatic ring is 1. The number of pyridine rings is 1. The molecule has 2 heterocycles. The number of methoxy groups -OCH3 is 1. The summed E-state index contributed by atoms with van der Waals surface area (Å²) < 4.78 is 5.23. The fourth-order valence-corrected chi connectivity index (χ4v) is 2.04. The SMILES string of the molecule is COc1cccc(-c2cc(Nc3cccnc3)nc(N)n2)c1. The molecule has 6 nitrogen and oxygen atoms in total. The highest BCUT2D eigenvalue weighted by Crippen LogP contribution is 2.25.